The molecule has 0 atom stereocenters. The predicted octanol–water partition coefficient (Wildman–Crippen LogP) is 2.32. The summed E-state index contributed by atoms with van der Waals surface area (Å²) in [6.45, 7) is 0. The van der Waals surface area contributed by atoms with Crippen LogP contribution in [0.25, 0.3) is 9.40 Å². The van der Waals surface area contributed by atoms with E-state index in [0.29, 0.717) is 0 Å². The lowest BCUT2D eigenvalue weighted by Crippen LogP contribution is -1.72. The van der Waals surface area contributed by atoms with E-state index in [2.05, 4.69) is 0 Å². The van der Waals surface area contributed by atoms with E-state index in [9.17, 15) is 4.79 Å². The van der Waals surface area contributed by atoms with Crippen molar-refractivity contribution in [2.45, 2.75) is 0 Å². The van der Waals surface area contributed by atoms with Crippen LogP contribution in [0.4, 0.5) is 0 Å². The summed E-state index contributed by atoms with van der Waals surface area (Å²) in [4.78, 5) is 10.8. The molecule has 0 fully saturated rings. The smallest absolute Gasteiger partial charge is 0.265 e. The highest BCUT2D eigenvalue weighted by Crippen LogP contribution is 2.19. The van der Waals surface area contributed by atoms with Crippen LogP contribution in [0.5, 0.6) is 0 Å². The Bertz CT molecular complexity index is 363. The van der Waals surface area contributed by atoms with Gasteiger partial charge in [0.25, 0.3) is 4.06 Å². The summed E-state index contributed by atoms with van der Waals surface area (Å²) in [5.74, 6) is 0. The Kier molecular flexibility index (Phi) is 1.32. The third-order valence-electron chi connectivity index (χ3n) is 1.24. The predicted molar refractivity (Wildman–Crippen MR) is 46.0 cm³/mol. The Balaban J connectivity index is 3.01. The Labute approximate surface area is 65.6 Å². The molecule has 0 aliphatic heterocycles. The van der Waals surface area contributed by atoms with Crippen molar-refractivity contribution in [3.05, 3.63) is 33.1 Å². The third-order valence-corrected chi connectivity index (χ3v) is 3.35. The normalized spacial score (nSPS) is 10.4. The minimum Gasteiger partial charge on any atom is -0.265 e. The molecular weight excluding hydrogens is 164 g/mol. The molecule has 0 spiro atoms. The fourth-order valence-corrected chi connectivity index (χ4v) is 2.76. The Morgan fingerprint density at radius 3 is 2.00 bits per heavy atom. The summed E-state index contributed by atoms with van der Waals surface area (Å²) >= 11 is 2.63. The van der Waals surface area contributed by atoms with E-state index in [4.69, 9.17) is 0 Å². The molecule has 1 heterocycles. The first-order chi connectivity index (χ1) is 4.86. The summed E-state index contributed by atoms with van der Waals surface area (Å²) in [5, 5.41) is 0. The van der Waals surface area contributed by atoms with Crippen LogP contribution >= 0.6 is 22.7 Å². The molecule has 1 aromatic heterocycles. The average Bonchev–Trinajstić information content (AvgIpc) is 2.27. The molecule has 1 nitrogen and oxygen atoms in total. The monoisotopic (exact) mass is 168 g/mol. The maximum absolute atomic E-state index is 10.8. The second-order valence-corrected chi connectivity index (χ2v) is 4.19. The molecule has 0 saturated carbocycles. The van der Waals surface area contributed by atoms with Crippen LogP contribution in [-0.2, 0) is 0 Å². The topological polar surface area (TPSA) is 17.1 Å². The van der Waals surface area contributed by atoms with Gasteiger partial charge in [-0.05, 0) is 12.1 Å². The van der Waals surface area contributed by atoms with Crippen LogP contribution in [0.15, 0.2) is 29.1 Å². The maximum Gasteiger partial charge on any atom is 0.288 e. The van der Waals surface area contributed by atoms with E-state index in [0.717, 1.165) is 9.40 Å². The van der Waals surface area contributed by atoms with Gasteiger partial charge in [-0.15, -0.1) is 0 Å². The van der Waals surface area contributed by atoms with E-state index in [-0.39, 0.29) is 4.06 Å². The first-order valence-electron chi connectivity index (χ1n) is 2.85. The van der Waals surface area contributed by atoms with E-state index in [1.165, 1.54) is 22.7 Å². The fraction of sp³-hybridized carbons (Fsp3) is 0. The van der Waals surface area contributed by atoms with Crippen LogP contribution < -0.4 is 4.06 Å². The van der Waals surface area contributed by atoms with Crippen LogP contribution in [-0.4, -0.2) is 0 Å². The molecule has 0 amide bonds. The zero-order chi connectivity index (χ0) is 6.97. The van der Waals surface area contributed by atoms with Gasteiger partial charge in [0.2, 0.25) is 0 Å². The lowest BCUT2D eigenvalue weighted by molar-refractivity contribution is 1.88. The van der Waals surface area contributed by atoms with Crippen LogP contribution in [0, 0.1) is 0 Å². The molecule has 0 saturated heterocycles. The molecule has 0 aliphatic rings. The van der Waals surface area contributed by atoms with E-state index in [1.807, 2.05) is 24.3 Å². The maximum atomic E-state index is 10.8. The lowest BCUT2D eigenvalue weighted by Gasteiger charge is -1.80. The Morgan fingerprint density at radius 1 is 1.00 bits per heavy atom. The van der Waals surface area contributed by atoms with Gasteiger partial charge in [-0.25, -0.2) is 0 Å². The van der Waals surface area contributed by atoms with E-state index >= 15 is 0 Å². The van der Waals surface area contributed by atoms with Crippen molar-refractivity contribution in [3.63, 3.8) is 0 Å². The molecule has 50 valence electrons. The molecule has 0 aliphatic carbocycles. The average molecular weight is 168 g/mol. The molecule has 0 N–H and O–H groups in total. The van der Waals surface area contributed by atoms with E-state index in [1.54, 1.807) is 0 Å². The highest BCUT2D eigenvalue weighted by atomic mass is 32.2. The molecule has 0 unspecified atom stereocenters. The minimum absolute atomic E-state index is 0.182. The summed E-state index contributed by atoms with van der Waals surface area (Å²) in [6, 6.07) is 7.84. The first-order valence-corrected chi connectivity index (χ1v) is 4.48. The van der Waals surface area contributed by atoms with Crippen molar-refractivity contribution < 1.29 is 0 Å². The van der Waals surface area contributed by atoms with Crippen molar-refractivity contribution in [3.8, 4) is 0 Å². The highest BCUT2D eigenvalue weighted by molar-refractivity contribution is 7.35. The molecule has 1 aromatic carbocycles. The van der Waals surface area contributed by atoms with Crippen molar-refractivity contribution in [1.82, 2.24) is 0 Å². The molecule has 10 heavy (non-hydrogen) atoms. The van der Waals surface area contributed by atoms with Gasteiger partial charge in [-0.3, -0.25) is 4.79 Å². The molecule has 3 heteroatoms. The van der Waals surface area contributed by atoms with E-state index < -0.39 is 0 Å². The lowest BCUT2D eigenvalue weighted by atomic mass is 10.4. The molecular formula is C7H4OS2. The van der Waals surface area contributed by atoms with Gasteiger partial charge in [0, 0.05) is 9.40 Å². The number of benzene rings is 1. The quantitative estimate of drug-likeness (QED) is 0.590. The second-order valence-electron chi connectivity index (χ2n) is 1.90. The summed E-state index contributed by atoms with van der Waals surface area (Å²) in [7, 11) is 0. The zero-order valence-corrected chi connectivity index (χ0v) is 6.67. The van der Waals surface area contributed by atoms with Crippen molar-refractivity contribution in [1.29, 1.82) is 0 Å². The largest absolute Gasteiger partial charge is 0.288 e. The molecule has 0 radical (unpaired) electrons. The fourth-order valence-electron chi connectivity index (χ4n) is 0.819. The number of hydrogen-bond acceptors (Lipinski definition) is 3. The summed E-state index contributed by atoms with van der Waals surface area (Å²) in [5.41, 5.74) is 0. The molecule has 2 rings (SSSR count). The molecule has 2 aromatic rings. The van der Waals surface area contributed by atoms with Crippen molar-refractivity contribution in [2.75, 3.05) is 0 Å². The number of rotatable bonds is 0. The van der Waals surface area contributed by atoms with Gasteiger partial charge in [0.05, 0.1) is 0 Å². The highest BCUT2D eigenvalue weighted by Gasteiger charge is 1.95. The van der Waals surface area contributed by atoms with Crippen molar-refractivity contribution in [2.24, 2.45) is 0 Å². The first kappa shape index (κ1) is 6.07. The van der Waals surface area contributed by atoms with Gasteiger partial charge in [-0.2, -0.15) is 0 Å². The van der Waals surface area contributed by atoms with Gasteiger partial charge >= 0.3 is 0 Å². The Morgan fingerprint density at radius 2 is 1.50 bits per heavy atom. The van der Waals surface area contributed by atoms with Crippen LogP contribution in [0.2, 0.25) is 0 Å². The number of hydrogen-bond donors (Lipinski definition) is 0. The summed E-state index contributed by atoms with van der Waals surface area (Å²) < 4.78 is 2.37. The van der Waals surface area contributed by atoms with Crippen LogP contribution in [0.3, 0.4) is 0 Å². The van der Waals surface area contributed by atoms with Gasteiger partial charge in [-0.1, -0.05) is 34.8 Å². The van der Waals surface area contributed by atoms with Crippen molar-refractivity contribution >= 4 is 32.1 Å². The van der Waals surface area contributed by atoms with Gasteiger partial charge < -0.3 is 0 Å². The molecule has 0 bridgehead atoms. The minimum atomic E-state index is 0.182. The SMILES string of the molecule is O=c1sc2ccccc2s1. The van der Waals surface area contributed by atoms with Gasteiger partial charge in [0.1, 0.15) is 0 Å². The summed E-state index contributed by atoms with van der Waals surface area (Å²) in [6.07, 6.45) is 0. The van der Waals surface area contributed by atoms with Gasteiger partial charge in [0.15, 0.2) is 0 Å². The number of fused-ring (bicyclic) bond motifs is 1. The standard InChI is InChI=1S/C7H4OS2/c8-7-9-5-3-1-2-4-6(5)10-7/h1-4H. The van der Waals surface area contributed by atoms with Crippen LogP contribution in [0.1, 0.15) is 0 Å². The Hall–Kier alpha value is -0.670. The zero-order valence-electron chi connectivity index (χ0n) is 5.03. The third kappa shape index (κ3) is 0.874. The second kappa shape index (κ2) is 2.18.